The van der Waals surface area contributed by atoms with E-state index in [2.05, 4.69) is 5.32 Å². The van der Waals surface area contributed by atoms with E-state index in [4.69, 9.17) is 14.6 Å². The Morgan fingerprint density at radius 3 is 3.06 bits per heavy atom. The molecule has 18 heavy (non-hydrogen) atoms. The Morgan fingerprint density at radius 1 is 1.39 bits per heavy atom. The Bertz CT molecular complexity index is 477. The number of aliphatic hydroxyl groups is 1. The van der Waals surface area contributed by atoms with Gasteiger partial charge in [-0.2, -0.15) is 0 Å². The van der Waals surface area contributed by atoms with E-state index in [1.54, 1.807) is 17.0 Å². The molecule has 96 valence electrons. The number of aliphatic hydroxyl groups excluding tert-OH is 1. The molecule has 0 aromatic heterocycles. The van der Waals surface area contributed by atoms with E-state index in [1.165, 1.54) is 0 Å². The van der Waals surface area contributed by atoms with Gasteiger partial charge in [0.05, 0.1) is 6.61 Å². The summed E-state index contributed by atoms with van der Waals surface area (Å²) in [6.07, 6.45) is 0. The van der Waals surface area contributed by atoms with Crippen molar-refractivity contribution in [2.24, 2.45) is 0 Å². The second-order valence-corrected chi connectivity index (χ2v) is 4.22. The number of hydrogen-bond donors (Lipinski definition) is 2. The highest BCUT2D eigenvalue weighted by Gasteiger charge is 2.29. The Labute approximate surface area is 104 Å². The molecule has 0 saturated carbocycles. The fourth-order valence-electron chi connectivity index (χ4n) is 2.19. The molecule has 1 unspecified atom stereocenters. The minimum absolute atomic E-state index is 0.123. The lowest BCUT2D eigenvalue weighted by atomic mass is 10.1. The number of carbonyl (C=O) groups excluding carboxylic acids is 1. The first-order valence-corrected chi connectivity index (χ1v) is 5.85. The van der Waals surface area contributed by atoms with Crippen LogP contribution in [-0.2, 0) is 4.79 Å². The maximum Gasteiger partial charge on any atom is 0.246 e. The molecule has 2 heterocycles. The first-order chi connectivity index (χ1) is 8.79. The Balaban J connectivity index is 1.87. The van der Waals surface area contributed by atoms with Crippen molar-refractivity contribution in [2.75, 3.05) is 31.4 Å². The normalized spacial score (nSPS) is 22.4. The summed E-state index contributed by atoms with van der Waals surface area (Å²) in [4.78, 5) is 13.7. The second-order valence-electron chi connectivity index (χ2n) is 4.22. The zero-order valence-electron chi connectivity index (χ0n) is 9.76. The topological polar surface area (TPSA) is 71.0 Å². The fraction of sp³-hybridized carbons (Fsp3) is 0.417. The van der Waals surface area contributed by atoms with Gasteiger partial charge in [0.25, 0.3) is 0 Å². The van der Waals surface area contributed by atoms with Crippen LogP contribution in [0, 0.1) is 0 Å². The van der Waals surface area contributed by atoms with Crippen LogP contribution in [-0.4, -0.2) is 43.5 Å². The molecule has 2 N–H and O–H groups in total. The molecule has 1 amide bonds. The van der Waals surface area contributed by atoms with Crippen molar-refractivity contribution in [3.63, 3.8) is 0 Å². The van der Waals surface area contributed by atoms with Gasteiger partial charge >= 0.3 is 0 Å². The second kappa shape index (κ2) is 4.47. The van der Waals surface area contributed by atoms with Gasteiger partial charge in [-0.05, 0) is 12.1 Å². The average molecular weight is 250 g/mol. The van der Waals surface area contributed by atoms with Crippen LogP contribution in [0.5, 0.6) is 11.5 Å². The summed E-state index contributed by atoms with van der Waals surface area (Å²) >= 11 is 0. The van der Waals surface area contributed by atoms with E-state index in [-0.39, 0.29) is 19.3 Å². The number of piperazine rings is 1. The molecule has 6 heteroatoms. The summed E-state index contributed by atoms with van der Waals surface area (Å²) in [5.74, 6) is 1.22. The molecular formula is C12H14N2O4. The van der Waals surface area contributed by atoms with Crippen molar-refractivity contribution in [1.82, 2.24) is 5.32 Å². The molecule has 1 fully saturated rings. The van der Waals surface area contributed by atoms with E-state index >= 15 is 0 Å². The first-order valence-electron chi connectivity index (χ1n) is 5.85. The number of nitrogens with one attached hydrogen (secondary N) is 1. The van der Waals surface area contributed by atoms with E-state index in [9.17, 15) is 4.79 Å². The molecular weight excluding hydrogens is 236 g/mol. The highest BCUT2D eigenvalue weighted by molar-refractivity contribution is 5.98. The smallest absolute Gasteiger partial charge is 0.246 e. The predicted octanol–water partition coefficient (Wildman–Crippen LogP) is -0.288. The number of amides is 1. The number of anilines is 1. The molecule has 1 saturated heterocycles. The van der Waals surface area contributed by atoms with Crippen molar-refractivity contribution in [1.29, 1.82) is 0 Å². The SMILES string of the molecule is O=C1C(CO)NCCN1c1ccc2c(c1)OCO2. The number of ether oxygens (including phenoxy) is 2. The summed E-state index contributed by atoms with van der Waals surface area (Å²) < 4.78 is 10.5. The monoisotopic (exact) mass is 250 g/mol. The van der Waals surface area contributed by atoms with Crippen molar-refractivity contribution in [3.8, 4) is 11.5 Å². The van der Waals surface area contributed by atoms with Gasteiger partial charge in [-0.25, -0.2) is 0 Å². The zero-order chi connectivity index (χ0) is 12.5. The largest absolute Gasteiger partial charge is 0.454 e. The minimum Gasteiger partial charge on any atom is -0.454 e. The summed E-state index contributed by atoms with van der Waals surface area (Å²) in [6.45, 7) is 1.26. The lowest BCUT2D eigenvalue weighted by Crippen LogP contribution is -2.56. The van der Waals surface area contributed by atoms with Gasteiger partial charge in [0.2, 0.25) is 12.7 Å². The van der Waals surface area contributed by atoms with Gasteiger partial charge in [0.15, 0.2) is 11.5 Å². The molecule has 1 aromatic carbocycles. The van der Waals surface area contributed by atoms with Crippen LogP contribution in [0.3, 0.4) is 0 Å². The van der Waals surface area contributed by atoms with Crippen LogP contribution in [0.2, 0.25) is 0 Å². The van der Waals surface area contributed by atoms with Crippen LogP contribution < -0.4 is 19.7 Å². The predicted molar refractivity (Wildman–Crippen MR) is 63.8 cm³/mol. The summed E-state index contributed by atoms with van der Waals surface area (Å²) in [6, 6.07) is 4.88. The van der Waals surface area contributed by atoms with Crippen LogP contribution in [0.1, 0.15) is 0 Å². The highest BCUT2D eigenvalue weighted by atomic mass is 16.7. The van der Waals surface area contributed by atoms with Gasteiger partial charge in [-0.3, -0.25) is 4.79 Å². The van der Waals surface area contributed by atoms with E-state index in [1.807, 2.05) is 6.07 Å². The molecule has 0 aliphatic carbocycles. The third-order valence-electron chi connectivity index (χ3n) is 3.14. The minimum atomic E-state index is -0.524. The van der Waals surface area contributed by atoms with Gasteiger partial charge in [0.1, 0.15) is 6.04 Å². The Kier molecular flexibility index (Phi) is 2.81. The van der Waals surface area contributed by atoms with Crippen molar-refractivity contribution < 1.29 is 19.4 Å². The van der Waals surface area contributed by atoms with Crippen LogP contribution in [0.25, 0.3) is 0 Å². The highest BCUT2D eigenvalue weighted by Crippen LogP contribution is 2.35. The lowest BCUT2D eigenvalue weighted by Gasteiger charge is -2.32. The molecule has 0 spiro atoms. The number of rotatable bonds is 2. The fourth-order valence-corrected chi connectivity index (χ4v) is 2.19. The quantitative estimate of drug-likeness (QED) is 0.755. The number of carbonyl (C=O) groups is 1. The molecule has 0 bridgehead atoms. The summed E-state index contributed by atoms with van der Waals surface area (Å²) in [7, 11) is 0. The van der Waals surface area contributed by atoms with E-state index < -0.39 is 6.04 Å². The van der Waals surface area contributed by atoms with Crippen molar-refractivity contribution >= 4 is 11.6 Å². The van der Waals surface area contributed by atoms with Crippen molar-refractivity contribution in [3.05, 3.63) is 18.2 Å². The average Bonchev–Trinajstić information content (AvgIpc) is 2.86. The molecule has 6 nitrogen and oxygen atoms in total. The lowest BCUT2D eigenvalue weighted by molar-refractivity contribution is -0.122. The summed E-state index contributed by atoms with van der Waals surface area (Å²) in [5, 5.41) is 12.1. The standard InChI is InChI=1S/C12H14N2O4/c15-6-9-12(16)14(4-3-13-9)8-1-2-10-11(5-8)18-7-17-10/h1-2,5,9,13,15H,3-4,6-7H2. The zero-order valence-corrected chi connectivity index (χ0v) is 9.76. The maximum absolute atomic E-state index is 12.1. The number of nitrogens with zero attached hydrogens (tertiary/aromatic N) is 1. The number of hydrogen-bond acceptors (Lipinski definition) is 5. The molecule has 2 aliphatic rings. The Hall–Kier alpha value is -1.79. The van der Waals surface area contributed by atoms with Gasteiger partial charge in [-0.15, -0.1) is 0 Å². The van der Waals surface area contributed by atoms with Crippen LogP contribution in [0.4, 0.5) is 5.69 Å². The molecule has 3 rings (SSSR count). The molecule has 2 aliphatic heterocycles. The van der Waals surface area contributed by atoms with Crippen LogP contribution in [0.15, 0.2) is 18.2 Å². The van der Waals surface area contributed by atoms with Gasteiger partial charge in [0, 0.05) is 24.8 Å². The van der Waals surface area contributed by atoms with Crippen molar-refractivity contribution in [2.45, 2.75) is 6.04 Å². The third kappa shape index (κ3) is 1.79. The molecule has 0 radical (unpaired) electrons. The number of fused-ring (bicyclic) bond motifs is 1. The van der Waals surface area contributed by atoms with E-state index in [0.29, 0.717) is 24.6 Å². The molecule has 1 atom stereocenters. The molecule has 1 aromatic rings. The van der Waals surface area contributed by atoms with Crippen LogP contribution >= 0.6 is 0 Å². The number of benzene rings is 1. The first kappa shape index (κ1) is 11.3. The Morgan fingerprint density at radius 2 is 2.22 bits per heavy atom. The van der Waals surface area contributed by atoms with Gasteiger partial charge in [-0.1, -0.05) is 0 Å². The maximum atomic E-state index is 12.1. The summed E-state index contributed by atoms with van der Waals surface area (Å²) in [5.41, 5.74) is 0.768. The third-order valence-corrected chi connectivity index (χ3v) is 3.14. The van der Waals surface area contributed by atoms with E-state index in [0.717, 1.165) is 5.69 Å². The van der Waals surface area contributed by atoms with Gasteiger partial charge < -0.3 is 24.8 Å².